The minimum absolute atomic E-state index is 0.000153. The van der Waals surface area contributed by atoms with Gasteiger partial charge in [0.25, 0.3) is 0 Å². The van der Waals surface area contributed by atoms with Crippen molar-refractivity contribution in [3.05, 3.63) is 47.3 Å². The van der Waals surface area contributed by atoms with Crippen molar-refractivity contribution in [3.63, 3.8) is 0 Å². The van der Waals surface area contributed by atoms with Crippen molar-refractivity contribution in [3.8, 4) is 17.2 Å². The maximum absolute atomic E-state index is 13.4. The molecule has 0 radical (unpaired) electrons. The lowest BCUT2D eigenvalue weighted by Gasteiger charge is -2.08. The number of halogens is 1. The minimum atomic E-state index is -0.535. The molecule has 0 aromatic heterocycles. The summed E-state index contributed by atoms with van der Waals surface area (Å²) >= 11 is 0. The van der Waals surface area contributed by atoms with Gasteiger partial charge in [0.15, 0.2) is 28.8 Å². The largest absolute Gasteiger partial charge is 0.494 e. The van der Waals surface area contributed by atoms with E-state index < -0.39 is 5.82 Å². The second-order valence-electron chi connectivity index (χ2n) is 4.47. The van der Waals surface area contributed by atoms with Crippen molar-refractivity contribution >= 4 is 11.5 Å². The SMILES string of the molecule is COc1cc(C(=O)c2cc3c(cc2N)OCO3)ccc1F. The van der Waals surface area contributed by atoms with Gasteiger partial charge in [0.2, 0.25) is 6.79 Å². The van der Waals surface area contributed by atoms with Crippen LogP contribution in [0.3, 0.4) is 0 Å². The van der Waals surface area contributed by atoms with Crippen LogP contribution in [0.5, 0.6) is 17.2 Å². The van der Waals surface area contributed by atoms with E-state index in [4.69, 9.17) is 19.9 Å². The Kier molecular flexibility index (Phi) is 3.13. The van der Waals surface area contributed by atoms with E-state index in [-0.39, 0.29) is 35.1 Å². The van der Waals surface area contributed by atoms with Crippen LogP contribution in [0.15, 0.2) is 30.3 Å². The number of carbonyl (C=O) groups excluding carboxylic acids is 1. The molecule has 6 heteroatoms. The highest BCUT2D eigenvalue weighted by Crippen LogP contribution is 2.36. The number of ether oxygens (including phenoxy) is 3. The molecule has 1 aliphatic heterocycles. The van der Waals surface area contributed by atoms with Crippen LogP contribution in [-0.2, 0) is 0 Å². The smallest absolute Gasteiger partial charge is 0.231 e. The summed E-state index contributed by atoms with van der Waals surface area (Å²) in [6.45, 7) is 0.0940. The molecule has 0 bridgehead atoms. The number of nitrogen functional groups attached to an aromatic ring is 1. The fraction of sp³-hybridized carbons (Fsp3) is 0.133. The topological polar surface area (TPSA) is 70.8 Å². The standard InChI is InChI=1S/C15H12FNO4/c1-19-12-4-8(2-3-10(12)16)15(18)9-5-13-14(6-11(9)17)21-7-20-13/h2-6H,7,17H2,1H3. The third kappa shape index (κ3) is 2.24. The molecule has 0 atom stereocenters. The summed E-state index contributed by atoms with van der Waals surface area (Å²) in [5, 5.41) is 0. The lowest BCUT2D eigenvalue weighted by molar-refractivity contribution is 0.103. The summed E-state index contributed by atoms with van der Waals surface area (Å²) in [5.41, 5.74) is 6.69. The Morgan fingerprint density at radius 2 is 1.95 bits per heavy atom. The Hall–Kier alpha value is -2.76. The van der Waals surface area contributed by atoms with Crippen LogP contribution >= 0.6 is 0 Å². The molecule has 2 N–H and O–H groups in total. The van der Waals surface area contributed by atoms with E-state index >= 15 is 0 Å². The number of rotatable bonds is 3. The van der Waals surface area contributed by atoms with Crippen LogP contribution in [0.1, 0.15) is 15.9 Å². The summed E-state index contributed by atoms with van der Waals surface area (Å²) in [7, 11) is 1.33. The predicted molar refractivity (Wildman–Crippen MR) is 73.4 cm³/mol. The molecule has 0 fully saturated rings. The summed E-state index contributed by atoms with van der Waals surface area (Å²) in [6, 6.07) is 6.95. The monoisotopic (exact) mass is 289 g/mol. The number of carbonyl (C=O) groups is 1. The van der Waals surface area contributed by atoms with Crippen molar-refractivity contribution in [1.29, 1.82) is 0 Å². The second kappa shape index (κ2) is 4.97. The second-order valence-corrected chi connectivity index (χ2v) is 4.47. The number of fused-ring (bicyclic) bond motifs is 1. The van der Waals surface area contributed by atoms with Gasteiger partial charge in [-0.25, -0.2) is 4.39 Å². The number of nitrogens with two attached hydrogens (primary N) is 1. The molecular formula is C15H12FNO4. The third-order valence-corrected chi connectivity index (χ3v) is 3.20. The Morgan fingerprint density at radius 3 is 2.67 bits per heavy atom. The Balaban J connectivity index is 2.03. The van der Waals surface area contributed by atoms with Crippen molar-refractivity contribution in [2.75, 3.05) is 19.6 Å². The number of hydrogen-bond donors (Lipinski definition) is 1. The highest BCUT2D eigenvalue weighted by atomic mass is 19.1. The van der Waals surface area contributed by atoms with Crippen molar-refractivity contribution < 1.29 is 23.4 Å². The molecule has 3 rings (SSSR count). The lowest BCUT2D eigenvalue weighted by Crippen LogP contribution is -2.06. The Bertz CT molecular complexity index is 730. The number of benzene rings is 2. The zero-order chi connectivity index (χ0) is 15.0. The first-order valence-corrected chi connectivity index (χ1v) is 6.17. The first-order valence-electron chi connectivity index (χ1n) is 6.17. The Morgan fingerprint density at radius 1 is 1.24 bits per heavy atom. The van der Waals surface area contributed by atoms with Crippen molar-refractivity contribution in [2.45, 2.75) is 0 Å². The van der Waals surface area contributed by atoms with E-state index in [1.54, 1.807) is 0 Å². The average molecular weight is 289 g/mol. The molecule has 21 heavy (non-hydrogen) atoms. The molecule has 5 nitrogen and oxygen atoms in total. The van der Waals surface area contributed by atoms with Gasteiger partial charge in [-0.05, 0) is 24.3 Å². The lowest BCUT2D eigenvalue weighted by atomic mass is 10.0. The van der Waals surface area contributed by atoms with Gasteiger partial charge >= 0.3 is 0 Å². The summed E-state index contributed by atoms with van der Waals surface area (Å²) < 4.78 is 28.7. The molecule has 2 aromatic rings. The molecule has 108 valence electrons. The molecule has 2 aromatic carbocycles. The zero-order valence-electron chi connectivity index (χ0n) is 11.2. The predicted octanol–water partition coefficient (Wildman–Crippen LogP) is 2.38. The minimum Gasteiger partial charge on any atom is -0.494 e. The Labute approximate surface area is 120 Å². The molecule has 0 spiro atoms. The van der Waals surface area contributed by atoms with E-state index in [2.05, 4.69) is 0 Å². The molecule has 1 aliphatic rings. The van der Waals surface area contributed by atoms with Gasteiger partial charge in [-0.3, -0.25) is 4.79 Å². The van der Waals surface area contributed by atoms with Gasteiger partial charge in [0, 0.05) is 22.9 Å². The van der Waals surface area contributed by atoms with Crippen LogP contribution in [0.4, 0.5) is 10.1 Å². The van der Waals surface area contributed by atoms with Gasteiger partial charge in [0.1, 0.15) is 0 Å². The van der Waals surface area contributed by atoms with E-state index in [1.807, 2.05) is 0 Å². The van der Waals surface area contributed by atoms with Gasteiger partial charge < -0.3 is 19.9 Å². The first-order chi connectivity index (χ1) is 10.1. The maximum atomic E-state index is 13.4. The molecule has 0 saturated carbocycles. The summed E-state index contributed by atoms with van der Waals surface area (Å²) in [4.78, 5) is 12.5. The summed E-state index contributed by atoms with van der Waals surface area (Å²) in [6.07, 6.45) is 0. The number of hydrogen-bond acceptors (Lipinski definition) is 5. The zero-order valence-corrected chi connectivity index (χ0v) is 11.2. The first kappa shape index (κ1) is 13.2. The van der Waals surface area contributed by atoms with Crippen LogP contribution in [-0.4, -0.2) is 19.7 Å². The van der Waals surface area contributed by atoms with Crippen LogP contribution < -0.4 is 19.9 Å². The maximum Gasteiger partial charge on any atom is 0.231 e. The highest BCUT2D eigenvalue weighted by Gasteiger charge is 2.21. The number of anilines is 1. The molecule has 0 amide bonds. The normalized spacial score (nSPS) is 12.3. The van der Waals surface area contributed by atoms with Gasteiger partial charge in [0.05, 0.1) is 7.11 Å². The van der Waals surface area contributed by atoms with Crippen LogP contribution in [0.2, 0.25) is 0 Å². The molecule has 1 heterocycles. The molecule has 0 aliphatic carbocycles. The van der Waals surface area contributed by atoms with E-state index in [0.717, 1.165) is 0 Å². The van der Waals surface area contributed by atoms with Crippen LogP contribution in [0.25, 0.3) is 0 Å². The van der Waals surface area contributed by atoms with E-state index in [9.17, 15) is 9.18 Å². The van der Waals surface area contributed by atoms with E-state index in [1.165, 1.54) is 37.4 Å². The average Bonchev–Trinajstić information content (AvgIpc) is 2.93. The van der Waals surface area contributed by atoms with E-state index in [0.29, 0.717) is 11.5 Å². The van der Waals surface area contributed by atoms with Gasteiger partial charge in [-0.1, -0.05) is 0 Å². The number of ketones is 1. The molecule has 0 saturated heterocycles. The van der Waals surface area contributed by atoms with Crippen LogP contribution in [0, 0.1) is 5.82 Å². The molecular weight excluding hydrogens is 277 g/mol. The van der Waals surface area contributed by atoms with Gasteiger partial charge in [-0.2, -0.15) is 0 Å². The fourth-order valence-electron chi connectivity index (χ4n) is 2.11. The van der Waals surface area contributed by atoms with Gasteiger partial charge in [-0.15, -0.1) is 0 Å². The highest BCUT2D eigenvalue weighted by molar-refractivity contribution is 6.12. The van der Waals surface area contributed by atoms with Crippen molar-refractivity contribution in [2.24, 2.45) is 0 Å². The molecule has 0 unspecified atom stereocenters. The van der Waals surface area contributed by atoms with Crippen molar-refractivity contribution in [1.82, 2.24) is 0 Å². The fourth-order valence-corrected chi connectivity index (χ4v) is 2.11. The third-order valence-electron chi connectivity index (χ3n) is 3.20. The quantitative estimate of drug-likeness (QED) is 0.694. The summed E-state index contributed by atoms with van der Waals surface area (Å²) in [5.74, 6) is 0.0827. The number of methoxy groups -OCH3 is 1.